The Hall–Kier alpha value is -1.09. The second kappa shape index (κ2) is 6.60. The van der Waals surface area contributed by atoms with Gasteiger partial charge in [0.2, 0.25) is 0 Å². The van der Waals surface area contributed by atoms with E-state index >= 15 is 0 Å². The predicted octanol–water partition coefficient (Wildman–Crippen LogP) is 2.69. The first kappa shape index (κ1) is 14.0. The van der Waals surface area contributed by atoms with Crippen LogP contribution in [0.5, 0.6) is 0 Å². The quantitative estimate of drug-likeness (QED) is 0.825. The van der Waals surface area contributed by atoms with Crippen LogP contribution < -0.4 is 4.90 Å². The van der Waals surface area contributed by atoms with Gasteiger partial charge < -0.3 is 10.0 Å². The van der Waals surface area contributed by atoms with Crippen LogP contribution in [-0.2, 0) is 6.61 Å². The number of hydrogen-bond acceptors (Lipinski definition) is 3. The molecule has 1 heterocycles. The molecule has 0 radical (unpaired) electrons. The van der Waals surface area contributed by atoms with E-state index in [2.05, 4.69) is 37.6 Å². The molecule has 3 nitrogen and oxygen atoms in total. The van der Waals surface area contributed by atoms with Gasteiger partial charge in [0.15, 0.2) is 0 Å². The molecule has 0 amide bonds. The largest absolute Gasteiger partial charge is 0.392 e. The van der Waals surface area contributed by atoms with E-state index in [-0.39, 0.29) is 6.61 Å². The van der Waals surface area contributed by atoms with Crippen LogP contribution in [0.25, 0.3) is 0 Å². The third kappa shape index (κ3) is 4.35. The maximum atomic E-state index is 9.37. The summed E-state index contributed by atoms with van der Waals surface area (Å²) in [5.74, 6) is 1.21. The Kier molecular flexibility index (Phi) is 5.42. The average Bonchev–Trinajstić information content (AvgIpc) is 2.27. The normalized spacial score (nSPS) is 11.2. The fourth-order valence-electron chi connectivity index (χ4n) is 2.00. The van der Waals surface area contributed by atoms with Crippen molar-refractivity contribution in [1.29, 1.82) is 0 Å². The van der Waals surface area contributed by atoms with E-state index in [0.717, 1.165) is 24.3 Å². The van der Waals surface area contributed by atoms with Crippen molar-refractivity contribution < 1.29 is 5.11 Å². The SMILES string of the molecule is CC(C)CN(CC(C)C)c1ccncc1CO. The highest BCUT2D eigenvalue weighted by Gasteiger charge is 2.13. The Morgan fingerprint density at radius 3 is 2.24 bits per heavy atom. The Morgan fingerprint density at radius 2 is 1.76 bits per heavy atom. The van der Waals surface area contributed by atoms with Crippen LogP contribution in [-0.4, -0.2) is 23.2 Å². The van der Waals surface area contributed by atoms with Gasteiger partial charge in [-0.25, -0.2) is 0 Å². The maximum Gasteiger partial charge on any atom is 0.0717 e. The van der Waals surface area contributed by atoms with Gasteiger partial charge in [-0.1, -0.05) is 27.7 Å². The standard InChI is InChI=1S/C14H24N2O/c1-11(2)8-16(9-12(3)4)14-5-6-15-7-13(14)10-17/h5-7,11-12,17H,8-10H2,1-4H3. The number of pyridine rings is 1. The van der Waals surface area contributed by atoms with Gasteiger partial charge in [-0.15, -0.1) is 0 Å². The van der Waals surface area contributed by atoms with Crippen molar-refractivity contribution in [3.8, 4) is 0 Å². The molecule has 0 spiro atoms. The van der Waals surface area contributed by atoms with E-state index < -0.39 is 0 Å². The van der Waals surface area contributed by atoms with Crippen LogP contribution in [0.2, 0.25) is 0 Å². The lowest BCUT2D eigenvalue weighted by Gasteiger charge is -2.29. The van der Waals surface area contributed by atoms with E-state index in [1.807, 2.05) is 6.07 Å². The van der Waals surface area contributed by atoms with Crippen LogP contribution in [0.4, 0.5) is 5.69 Å². The second-order valence-corrected chi connectivity index (χ2v) is 5.36. The number of aromatic nitrogens is 1. The van der Waals surface area contributed by atoms with Gasteiger partial charge in [-0.05, 0) is 17.9 Å². The van der Waals surface area contributed by atoms with Crippen LogP contribution in [0, 0.1) is 11.8 Å². The first-order valence-corrected chi connectivity index (χ1v) is 6.33. The highest BCUT2D eigenvalue weighted by atomic mass is 16.3. The molecule has 17 heavy (non-hydrogen) atoms. The van der Waals surface area contributed by atoms with Crippen molar-refractivity contribution in [2.24, 2.45) is 11.8 Å². The molecule has 0 aliphatic heterocycles. The van der Waals surface area contributed by atoms with Gasteiger partial charge in [-0.3, -0.25) is 4.98 Å². The lowest BCUT2D eigenvalue weighted by molar-refractivity contribution is 0.281. The van der Waals surface area contributed by atoms with Gasteiger partial charge >= 0.3 is 0 Å². The number of anilines is 1. The van der Waals surface area contributed by atoms with Crippen molar-refractivity contribution in [2.75, 3.05) is 18.0 Å². The molecule has 1 N–H and O–H groups in total. The van der Waals surface area contributed by atoms with Crippen molar-refractivity contribution >= 4 is 5.69 Å². The minimum absolute atomic E-state index is 0.0515. The van der Waals surface area contributed by atoms with E-state index in [0.29, 0.717) is 11.8 Å². The molecule has 0 aliphatic carbocycles. The summed E-state index contributed by atoms with van der Waals surface area (Å²) >= 11 is 0. The Labute approximate surface area is 104 Å². The van der Waals surface area contributed by atoms with Crippen LogP contribution in [0.3, 0.4) is 0 Å². The van der Waals surface area contributed by atoms with E-state index in [1.54, 1.807) is 12.4 Å². The van der Waals surface area contributed by atoms with E-state index in [1.165, 1.54) is 0 Å². The topological polar surface area (TPSA) is 36.4 Å². The molecular weight excluding hydrogens is 212 g/mol. The first-order valence-electron chi connectivity index (χ1n) is 6.33. The molecule has 0 saturated carbocycles. The molecule has 0 fully saturated rings. The summed E-state index contributed by atoms with van der Waals surface area (Å²) in [6.07, 6.45) is 3.55. The van der Waals surface area contributed by atoms with Crippen molar-refractivity contribution in [2.45, 2.75) is 34.3 Å². The molecule has 1 aromatic rings. The minimum atomic E-state index is 0.0515. The van der Waals surface area contributed by atoms with Crippen LogP contribution in [0.1, 0.15) is 33.3 Å². The maximum absolute atomic E-state index is 9.37. The number of aliphatic hydroxyl groups is 1. The lowest BCUT2D eigenvalue weighted by Crippen LogP contribution is -2.32. The first-order chi connectivity index (χ1) is 8.04. The Bertz CT molecular complexity index is 327. The van der Waals surface area contributed by atoms with Crippen LogP contribution >= 0.6 is 0 Å². The summed E-state index contributed by atoms with van der Waals surface area (Å²) in [6.45, 7) is 10.9. The van der Waals surface area contributed by atoms with Gasteiger partial charge in [0.25, 0.3) is 0 Å². The third-order valence-electron chi connectivity index (χ3n) is 2.56. The van der Waals surface area contributed by atoms with Gasteiger partial charge in [0.1, 0.15) is 0 Å². The summed E-state index contributed by atoms with van der Waals surface area (Å²) in [5, 5.41) is 9.37. The summed E-state index contributed by atoms with van der Waals surface area (Å²) in [4.78, 5) is 6.42. The number of rotatable bonds is 6. The molecule has 0 aliphatic rings. The highest BCUT2D eigenvalue weighted by Crippen LogP contribution is 2.21. The van der Waals surface area contributed by atoms with E-state index in [4.69, 9.17) is 0 Å². The number of aliphatic hydroxyl groups excluding tert-OH is 1. The average molecular weight is 236 g/mol. The molecule has 0 saturated heterocycles. The zero-order valence-corrected chi connectivity index (χ0v) is 11.3. The molecule has 1 rings (SSSR count). The molecule has 0 unspecified atom stereocenters. The fraction of sp³-hybridized carbons (Fsp3) is 0.643. The number of hydrogen-bond donors (Lipinski definition) is 1. The Morgan fingerprint density at radius 1 is 1.18 bits per heavy atom. The molecule has 0 aromatic carbocycles. The van der Waals surface area contributed by atoms with Gasteiger partial charge in [0.05, 0.1) is 6.61 Å². The van der Waals surface area contributed by atoms with Crippen molar-refractivity contribution in [3.05, 3.63) is 24.0 Å². The monoisotopic (exact) mass is 236 g/mol. The minimum Gasteiger partial charge on any atom is -0.392 e. The third-order valence-corrected chi connectivity index (χ3v) is 2.56. The predicted molar refractivity (Wildman–Crippen MR) is 72.0 cm³/mol. The van der Waals surface area contributed by atoms with Crippen molar-refractivity contribution in [3.63, 3.8) is 0 Å². The summed E-state index contributed by atoms with van der Waals surface area (Å²) in [5.41, 5.74) is 2.03. The molecule has 96 valence electrons. The van der Waals surface area contributed by atoms with Gasteiger partial charge in [0, 0.05) is 36.7 Å². The zero-order valence-electron chi connectivity index (χ0n) is 11.3. The number of nitrogens with zero attached hydrogens (tertiary/aromatic N) is 2. The highest BCUT2D eigenvalue weighted by molar-refractivity contribution is 5.52. The fourth-order valence-corrected chi connectivity index (χ4v) is 2.00. The lowest BCUT2D eigenvalue weighted by atomic mass is 10.1. The molecule has 0 bridgehead atoms. The van der Waals surface area contributed by atoms with Crippen molar-refractivity contribution in [1.82, 2.24) is 4.98 Å². The smallest absolute Gasteiger partial charge is 0.0717 e. The van der Waals surface area contributed by atoms with E-state index in [9.17, 15) is 5.11 Å². The van der Waals surface area contributed by atoms with Gasteiger partial charge in [-0.2, -0.15) is 0 Å². The zero-order chi connectivity index (χ0) is 12.8. The summed E-state index contributed by atoms with van der Waals surface area (Å²) in [7, 11) is 0. The second-order valence-electron chi connectivity index (χ2n) is 5.36. The van der Waals surface area contributed by atoms with Crippen LogP contribution in [0.15, 0.2) is 18.5 Å². The summed E-state index contributed by atoms with van der Waals surface area (Å²) < 4.78 is 0. The molecule has 3 heteroatoms. The molecule has 1 aromatic heterocycles. The molecular formula is C14H24N2O. The summed E-state index contributed by atoms with van der Waals surface area (Å²) in [6, 6.07) is 2.00. The molecule has 0 atom stereocenters. The Balaban J connectivity index is 2.94.